The lowest BCUT2D eigenvalue weighted by Gasteiger charge is -2.44. The quantitative estimate of drug-likeness (QED) is 0.166. The third-order valence-electron chi connectivity index (χ3n) is 12.9. The van der Waals surface area contributed by atoms with Crippen molar-refractivity contribution in [2.24, 2.45) is 35.0 Å². The fourth-order valence-electron chi connectivity index (χ4n) is 9.72. The Morgan fingerprint density at radius 1 is 0.875 bits per heavy atom. The second kappa shape index (κ2) is 20.3. The van der Waals surface area contributed by atoms with Crippen LogP contribution in [0, 0.1) is 35.0 Å². The molecule has 7 nitrogen and oxygen atoms in total. The van der Waals surface area contributed by atoms with E-state index in [-0.39, 0.29) is 25.0 Å². The monoisotopic (exact) mass is 765 g/mol. The van der Waals surface area contributed by atoms with Gasteiger partial charge in [0, 0.05) is 12.8 Å². The van der Waals surface area contributed by atoms with Gasteiger partial charge in [0.05, 0.1) is 0 Å². The molecule has 0 unspecified atom stereocenters. The molecular formula is C49H68N2O5. The zero-order valence-corrected chi connectivity index (χ0v) is 35.0. The Morgan fingerprint density at radius 3 is 2.25 bits per heavy atom. The normalized spacial score (nSPS) is 25.4. The van der Waals surface area contributed by atoms with Crippen molar-refractivity contribution >= 4 is 18.0 Å². The van der Waals surface area contributed by atoms with Crippen molar-refractivity contribution in [2.75, 3.05) is 0 Å². The third kappa shape index (κ3) is 11.7. The number of hydrogen-bond donors (Lipinski definition) is 2. The summed E-state index contributed by atoms with van der Waals surface area (Å²) in [4.78, 5) is 40.5. The van der Waals surface area contributed by atoms with Crippen LogP contribution in [-0.2, 0) is 32.1 Å². The van der Waals surface area contributed by atoms with Gasteiger partial charge in [-0.3, -0.25) is 4.79 Å². The van der Waals surface area contributed by atoms with Gasteiger partial charge in [0.2, 0.25) is 5.91 Å². The van der Waals surface area contributed by atoms with Crippen LogP contribution in [0.1, 0.15) is 123 Å². The fraction of sp³-hybridized carbons (Fsp3) is 0.571. The number of alkyl carbamates (subject to hydrolysis) is 1. The lowest BCUT2D eigenvalue weighted by Crippen LogP contribution is -2.54. The second-order valence-electron chi connectivity index (χ2n) is 17.9. The fourth-order valence-corrected chi connectivity index (χ4v) is 9.72. The largest absolute Gasteiger partial charge is 0.460 e. The lowest BCUT2D eigenvalue weighted by atomic mass is 9.60. The smallest absolute Gasteiger partial charge is 0.408 e. The van der Waals surface area contributed by atoms with Gasteiger partial charge in [-0.05, 0) is 96.7 Å². The van der Waals surface area contributed by atoms with Crippen LogP contribution in [0.3, 0.4) is 0 Å². The molecule has 3 aliphatic rings. The Labute approximate surface area is 337 Å². The van der Waals surface area contributed by atoms with Gasteiger partial charge in [0.25, 0.3) is 0 Å². The van der Waals surface area contributed by atoms with Crippen LogP contribution in [0.5, 0.6) is 0 Å². The summed E-state index contributed by atoms with van der Waals surface area (Å²) in [6, 6.07) is 17.1. The van der Waals surface area contributed by atoms with E-state index in [0.29, 0.717) is 24.2 Å². The average molecular weight is 765 g/mol. The summed E-state index contributed by atoms with van der Waals surface area (Å²) in [5.41, 5.74) is 5.94. The van der Waals surface area contributed by atoms with Gasteiger partial charge >= 0.3 is 12.1 Å². The van der Waals surface area contributed by atoms with E-state index in [9.17, 15) is 14.4 Å². The first kappa shape index (κ1) is 43.0. The first-order valence-electron chi connectivity index (χ1n) is 21.4. The number of amides is 2. The summed E-state index contributed by atoms with van der Waals surface area (Å²) in [6.07, 6.45) is 16.3. The molecule has 2 N–H and O–H groups in total. The molecule has 0 aliphatic heterocycles. The number of hydrogen-bond acceptors (Lipinski definition) is 5. The molecule has 2 amide bonds. The molecule has 2 aromatic rings. The maximum atomic E-state index is 14.0. The number of carbonyl (C=O) groups excluding carboxylic acids is 3. The molecule has 0 spiro atoms. The van der Waals surface area contributed by atoms with Gasteiger partial charge in [0.1, 0.15) is 24.8 Å². The molecule has 304 valence electrons. The van der Waals surface area contributed by atoms with Crippen LogP contribution in [0.2, 0.25) is 0 Å². The number of allylic oxidation sites excluding steroid dienone is 4. The SMILES string of the molecule is C=C1CC[C@H](OC(=O)[C@H](Cc2ccccc2)NC(=O)[C@@H](NC(=O)OCc2ccccc2)C(C)C)C/C1=C/C=C1\CCC[C@]2(C)[C@@H]([C@H](C)CCCC(C)C)CC[C@@H]12. The summed E-state index contributed by atoms with van der Waals surface area (Å²) in [5.74, 6) is 1.76. The highest BCUT2D eigenvalue weighted by Crippen LogP contribution is 2.60. The van der Waals surface area contributed by atoms with Crippen molar-refractivity contribution in [3.63, 3.8) is 0 Å². The van der Waals surface area contributed by atoms with Crippen molar-refractivity contribution < 1.29 is 23.9 Å². The number of carbonyl (C=O) groups is 3. The van der Waals surface area contributed by atoms with E-state index in [4.69, 9.17) is 9.47 Å². The van der Waals surface area contributed by atoms with E-state index < -0.39 is 30.1 Å². The molecule has 3 saturated carbocycles. The predicted molar refractivity (Wildman–Crippen MR) is 226 cm³/mol. The van der Waals surface area contributed by atoms with E-state index in [1.165, 1.54) is 44.9 Å². The Morgan fingerprint density at radius 2 is 1.57 bits per heavy atom. The van der Waals surface area contributed by atoms with Crippen molar-refractivity contribution in [1.82, 2.24) is 10.6 Å². The summed E-state index contributed by atoms with van der Waals surface area (Å²) >= 11 is 0. The van der Waals surface area contributed by atoms with Gasteiger partial charge < -0.3 is 20.1 Å². The van der Waals surface area contributed by atoms with Crippen LogP contribution in [-0.4, -0.2) is 36.2 Å². The molecule has 0 saturated heterocycles. The van der Waals surface area contributed by atoms with Gasteiger partial charge in [-0.1, -0.05) is 151 Å². The summed E-state index contributed by atoms with van der Waals surface area (Å²) in [6.45, 7) is 17.9. The van der Waals surface area contributed by atoms with Crippen molar-refractivity contribution in [3.05, 3.63) is 107 Å². The molecule has 3 fully saturated rings. The number of fused-ring (bicyclic) bond motifs is 1. The molecular weight excluding hydrogens is 697 g/mol. The molecule has 0 bridgehead atoms. The number of ether oxygens (including phenoxy) is 2. The van der Waals surface area contributed by atoms with Crippen molar-refractivity contribution in [2.45, 2.75) is 143 Å². The minimum atomic E-state index is -0.934. The maximum absolute atomic E-state index is 14.0. The third-order valence-corrected chi connectivity index (χ3v) is 12.9. The topological polar surface area (TPSA) is 93.7 Å². The minimum Gasteiger partial charge on any atom is -0.460 e. The standard InChI is InChI=1S/C49H68N2O5/c1-33(2)16-14-17-36(6)42-27-28-43-39(22-15-29-49(42,43)7)24-25-40-31-41(26-23-35(40)5)56-47(53)44(30-37-18-10-8-11-19-37)50-46(52)45(34(3)4)51-48(54)55-32-38-20-12-9-13-21-38/h8-13,18-21,24-25,33-34,36,41-45H,5,14-17,22-23,26-32H2,1-4,6-7H3,(H,50,52)(H,51,54)/b39-24+,40-25-/t36-,41+,42-,43+,44+,45+,49-/m1/s1. The molecule has 0 heterocycles. The van der Waals surface area contributed by atoms with E-state index in [0.717, 1.165) is 52.9 Å². The van der Waals surface area contributed by atoms with Gasteiger partial charge in [0.15, 0.2) is 0 Å². The lowest BCUT2D eigenvalue weighted by molar-refractivity contribution is -0.153. The highest BCUT2D eigenvalue weighted by atomic mass is 16.6. The molecule has 2 aromatic carbocycles. The maximum Gasteiger partial charge on any atom is 0.408 e. The summed E-state index contributed by atoms with van der Waals surface area (Å²) in [7, 11) is 0. The molecule has 7 atom stereocenters. The van der Waals surface area contributed by atoms with Gasteiger partial charge in [-0.25, -0.2) is 9.59 Å². The molecule has 0 aromatic heterocycles. The minimum absolute atomic E-state index is 0.0851. The van der Waals surface area contributed by atoms with E-state index in [2.05, 4.69) is 57.1 Å². The Balaban J connectivity index is 1.23. The number of benzene rings is 2. The van der Waals surface area contributed by atoms with E-state index in [1.54, 1.807) is 5.57 Å². The molecule has 5 rings (SSSR count). The molecule has 0 radical (unpaired) electrons. The molecule has 3 aliphatic carbocycles. The Bertz CT molecular complexity index is 1680. The second-order valence-corrected chi connectivity index (χ2v) is 17.9. The predicted octanol–water partition coefficient (Wildman–Crippen LogP) is 10.8. The molecule has 56 heavy (non-hydrogen) atoms. The zero-order chi connectivity index (χ0) is 40.2. The number of rotatable bonds is 16. The zero-order valence-electron chi connectivity index (χ0n) is 35.0. The highest BCUT2D eigenvalue weighted by Gasteiger charge is 2.50. The van der Waals surface area contributed by atoms with Crippen molar-refractivity contribution in [3.8, 4) is 0 Å². The molecule has 7 heteroatoms. The average Bonchev–Trinajstić information content (AvgIpc) is 3.54. The van der Waals surface area contributed by atoms with Crippen LogP contribution in [0.4, 0.5) is 4.79 Å². The van der Waals surface area contributed by atoms with Gasteiger partial charge in [-0.15, -0.1) is 0 Å². The van der Waals surface area contributed by atoms with Crippen LogP contribution in [0.25, 0.3) is 0 Å². The Kier molecular flexibility index (Phi) is 15.6. The Hall–Kier alpha value is -4.13. The first-order chi connectivity index (χ1) is 26.8. The first-order valence-corrected chi connectivity index (χ1v) is 21.4. The number of nitrogens with one attached hydrogen (secondary N) is 2. The van der Waals surface area contributed by atoms with E-state index in [1.807, 2.05) is 74.5 Å². The van der Waals surface area contributed by atoms with E-state index >= 15 is 0 Å². The summed E-state index contributed by atoms with van der Waals surface area (Å²) in [5, 5.41) is 5.65. The van der Waals surface area contributed by atoms with Crippen LogP contribution in [0.15, 0.2) is 96.1 Å². The highest BCUT2D eigenvalue weighted by molar-refractivity contribution is 5.90. The van der Waals surface area contributed by atoms with Crippen molar-refractivity contribution in [1.29, 1.82) is 0 Å². The van der Waals surface area contributed by atoms with Crippen LogP contribution >= 0.6 is 0 Å². The van der Waals surface area contributed by atoms with Gasteiger partial charge in [-0.2, -0.15) is 0 Å². The number of esters is 1. The van der Waals surface area contributed by atoms with Crippen LogP contribution < -0.4 is 10.6 Å². The summed E-state index contributed by atoms with van der Waals surface area (Å²) < 4.78 is 11.6.